The van der Waals surface area contributed by atoms with Crippen LogP contribution in [-0.2, 0) is 6.54 Å². The highest BCUT2D eigenvalue weighted by Crippen LogP contribution is 2.33. The first-order valence-corrected chi connectivity index (χ1v) is 8.43. The Kier molecular flexibility index (Phi) is 5.26. The summed E-state index contributed by atoms with van der Waals surface area (Å²) >= 11 is 0. The molecule has 3 nitrogen and oxygen atoms in total. The lowest BCUT2D eigenvalue weighted by Gasteiger charge is -2.29. The summed E-state index contributed by atoms with van der Waals surface area (Å²) in [6, 6.07) is 14.4. The van der Waals surface area contributed by atoms with Crippen LogP contribution in [-0.4, -0.2) is 17.1 Å². The van der Waals surface area contributed by atoms with Crippen molar-refractivity contribution >= 4 is 5.97 Å². The van der Waals surface area contributed by atoms with Crippen molar-refractivity contribution in [2.24, 2.45) is 0 Å². The third-order valence-corrected chi connectivity index (χ3v) is 4.86. The molecule has 0 unspecified atom stereocenters. The molecule has 0 aromatic heterocycles. The summed E-state index contributed by atoms with van der Waals surface area (Å²) < 4.78 is 13.0. The van der Waals surface area contributed by atoms with Crippen LogP contribution in [0.15, 0.2) is 48.5 Å². The summed E-state index contributed by atoms with van der Waals surface area (Å²) in [7, 11) is 0. The maximum Gasteiger partial charge on any atom is 0.335 e. The van der Waals surface area contributed by atoms with Gasteiger partial charge in [-0.15, -0.1) is 0 Å². The molecule has 0 amide bonds. The quantitative estimate of drug-likeness (QED) is 0.859. The van der Waals surface area contributed by atoms with Crippen molar-refractivity contribution < 1.29 is 14.3 Å². The maximum atomic E-state index is 13.0. The lowest BCUT2D eigenvalue weighted by atomic mass is 9.82. The van der Waals surface area contributed by atoms with Crippen molar-refractivity contribution in [2.45, 2.75) is 44.2 Å². The van der Waals surface area contributed by atoms with Crippen molar-refractivity contribution in [3.05, 3.63) is 71.0 Å². The molecule has 0 spiro atoms. The zero-order valence-corrected chi connectivity index (χ0v) is 13.5. The van der Waals surface area contributed by atoms with E-state index in [0.29, 0.717) is 17.5 Å². The molecule has 2 aromatic rings. The van der Waals surface area contributed by atoms with Gasteiger partial charge in [0.2, 0.25) is 0 Å². The van der Waals surface area contributed by atoms with E-state index in [-0.39, 0.29) is 5.82 Å². The molecule has 1 fully saturated rings. The van der Waals surface area contributed by atoms with E-state index >= 15 is 0 Å². The normalized spacial score (nSPS) is 20.7. The van der Waals surface area contributed by atoms with Crippen LogP contribution in [0.4, 0.5) is 4.39 Å². The van der Waals surface area contributed by atoms with Gasteiger partial charge < -0.3 is 10.4 Å². The fourth-order valence-corrected chi connectivity index (χ4v) is 3.39. The zero-order valence-electron chi connectivity index (χ0n) is 13.5. The van der Waals surface area contributed by atoms with Crippen LogP contribution in [0.3, 0.4) is 0 Å². The first kappa shape index (κ1) is 16.7. The molecule has 1 saturated carbocycles. The average molecular weight is 327 g/mol. The molecule has 1 aliphatic carbocycles. The second kappa shape index (κ2) is 7.58. The third-order valence-electron chi connectivity index (χ3n) is 4.86. The summed E-state index contributed by atoms with van der Waals surface area (Å²) in [5.74, 6) is -0.546. The Bertz CT molecular complexity index is 674. The van der Waals surface area contributed by atoms with Crippen LogP contribution >= 0.6 is 0 Å². The Labute approximate surface area is 141 Å². The van der Waals surface area contributed by atoms with Gasteiger partial charge in [0.05, 0.1) is 5.56 Å². The second-order valence-electron chi connectivity index (χ2n) is 6.48. The van der Waals surface area contributed by atoms with Crippen LogP contribution in [0.1, 0.15) is 53.1 Å². The van der Waals surface area contributed by atoms with E-state index in [1.165, 1.54) is 5.56 Å². The van der Waals surface area contributed by atoms with E-state index in [1.54, 1.807) is 24.3 Å². The number of carboxylic acid groups (broad SMARTS) is 1. The van der Waals surface area contributed by atoms with E-state index in [0.717, 1.165) is 37.8 Å². The molecule has 126 valence electrons. The summed E-state index contributed by atoms with van der Waals surface area (Å²) in [5, 5.41) is 12.5. The van der Waals surface area contributed by atoms with Gasteiger partial charge >= 0.3 is 5.97 Å². The average Bonchev–Trinajstić information content (AvgIpc) is 2.61. The zero-order chi connectivity index (χ0) is 16.9. The predicted octanol–water partition coefficient (Wildman–Crippen LogP) is 4.34. The summed E-state index contributed by atoms with van der Waals surface area (Å²) in [4.78, 5) is 10.8. The van der Waals surface area contributed by atoms with Gasteiger partial charge in [0, 0.05) is 12.6 Å². The van der Waals surface area contributed by atoms with Crippen molar-refractivity contribution in [3.63, 3.8) is 0 Å². The minimum atomic E-state index is -0.895. The maximum absolute atomic E-state index is 13.0. The second-order valence-corrected chi connectivity index (χ2v) is 6.48. The first-order chi connectivity index (χ1) is 11.6. The largest absolute Gasteiger partial charge is 0.478 e. The van der Waals surface area contributed by atoms with Crippen molar-refractivity contribution in [1.82, 2.24) is 5.32 Å². The Hall–Kier alpha value is -2.20. The molecule has 0 atom stereocenters. The predicted molar refractivity (Wildman–Crippen MR) is 91.6 cm³/mol. The highest BCUT2D eigenvalue weighted by molar-refractivity contribution is 5.87. The third kappa shape index (κ3) is 4.20. The van der Waals surface area contributed by atoms with E-state index in [2.05, 4.69) is 5.32 Å². The number of hydrogen-bond donors (Lipinski definition) is 2. The smallest absolute Gasteiger partial charge is 0.335 e. The van der Waals surface area contributed by atoms with Crippen LogP contribution in [0.25, 0.3) is 0 Å². The minimum absolute atomic E-state index is 0.178. The highest BCUT2D eigenvalue weighted by atomic mass is 19.1. The molecule has 2 N–H and O–H groups in total. The van der Waals surface area contributed by atoms with Crippen molar-refractivity contribution in [3.8, 4) is 0 Å². The molecule has 0 saturated heterocycles. The van der Waals surface area contributed by atoms with E-state index in [4.69, 9.17) is 5.11 Å². The SMILES string of the molecule is O=C(O)c1ccc(CNC2CCC(c3ccc(F)cc3)CC2)cc1. The van der Waals surface area contributed by atoms with Gasteiger partial charge in [-0.2, -0.15) is 0 Å². The molecule has 4 heteroatoms. The molecule has 24 heavy (non-hydrogen) atoms. The molecule has 2 aromatic carbocycles. The van der Waals surface area contributed by atoms with Crippen LogP contribution in [0.2, 0.25) is 0 Å². The van der Waals surface area contributed by atoms with Crippen molar-refractivity contribution in [2.75, 3.05) is 0 Å². The molecule has 3 rings (SSSR count). The highest BCUT2D eigenvalue weighted by Gasteiger charge is 2.22. The van der Waals surface area contributed by atoms with Gasteiger partial charge in [0.15, 0.2) is 0 Å². The van der Waals surface area contributed by atoms with E-state index in [9.17, 15) is 9.18 Å². The molecular weight excluding hydrogens is 305 g/mol. The van der Waals surface area contributed by atoms with Gasteiger partial charge in [0.25, 0.3) is 0 Å². The molecule has 0 bridgehead atoms. The first-order valence-electron chi connectivity index (χ1n) is 8.43. The number of carbonyl (C=O) groups is 1. The fourth-order valence-electron chi connectivity index (χ4n) is 3.39. The van der Waals surface area contributed by atoms with Crippen LogP contribution < -0.4 is 5.32 Å². The lowest BCUT2D eigenvalue weighted by molar-refractivity contribution is 0.0697. The number of nitrogens with one attached hydrogen (secondary N) is 1. The van der Waals surface area contributed by atoms with E-state index in [1.807, 2.05) is 24.3 Å². The van der Waals surface area contributed by atoms with Gasteiger partial charge in [-0.1, -0.05) is 24.3 Å². The monoisotopic (exact) mass is 327 g/mol. The lowest BCUT2D eigenvalue weighted by Crippen LogP contribution is -2.32. The van der Waals surface area contributed by atoms with Gasteiger partial charge in [-0.05, 0) is 67.0 Å². The van der Waals surface area contributed by atoms with Gasteiger partial charge in [0.1, 0.15) is 5.82 Å². The van der Waals surface area contributed by atoms with Gasteiger partial charge in [-0.25, -0.2) is 9.18 Å². The number of carboxylic acids is 1. The number of halogens is 1. The molecule has 0 aliphatic heterocycles. The summed E-state index contributed by atoms with van der Waals surface area (Å²) in [6.45, 7) is 0.756. The van der Waals surface area contributed by atoms with Crippen molar-refractivity contribution in [1.29, 1.82) is 0 Å². The van der Waals surface area contributed by atoms with Gasteiger partial charge in [-0.3, -0.25) is 0 Å². The molecule has 0 radical (unpaired) electrons. The molecule has 0 heterocycles. The number of aromatic carboxylic acids is 1. The molecule has 1 aliphatic rings. The Morgan fingerprint density at radius 1 is 1.00 bits per heavy atom. The Balaban J connectivity index is 1.47. The number of rotatable bonds is 5. The molecular formula is C20H22FNO2. The number of hydrogen-bond acceptors (Lipinski definition) is 2. The Morgan fingerprint density at radius 2 is 1.62 bits per heavy atom. The van der Waals surface area contributed by atoms with E-state index < -0.39 is 5.97 Å². The minimum Gasteiger partial charge on any atom is -0.478 e. The fraction of sp³-hybridized carbons (Fsp3) is 0.350. The topological polar surface area (TPSA) is 49.3 Å². The standard InChI is InChI=1S/C20H22FNO2/c21-18-9-5-15(6-10-18)16-7-11-19(12-8-16)22-13-14-1-3-17(4-2-14)20(23)24/h1-6,9-10,16,19,22H,7-8,11-13H2,(H,23,24). The summed E-state index contributed by atoms with van der Waals surface area (Å²) in [5.41, 5.74) is 2.65. The Morgan fingerprint density at radius 3 is 2.21 bits per heavy atom. The van der Waals surface area contributed by atoms with Crippen LogP contribution in [0, 0.1) is 5.82 Å². The number of benzene rings is 2. The summed E-state index contributed by atoms with van der Waals surface area (Å²) in [6.07, 6.45) is 4.44. The van der Waals surface area contributed by atoms with Crippen LogP contribution in [0.5, 0.6) is 0 Å².